The van der Waals surface area contributed by atoms with Gasteiger partial charge in [0.25, 0.3) is 0 Å². The molecule has 0 aliphatic carbocycles. The molecule has 6 nitrogen and oxygen atoms in total. The first-order valence-electron chi connectivity index (χ1n) is 6.19. The van der Waals surface area contributed by atoms with Gasteiger partial charge in [0, 0.05) is 5.69 Å². The Morgan fingerprint density at radius 3 is 2.40 bits per heavy atom. The second kappa shape index (κ2) is 5.92. The van der Waals surface area contributed by atoms with Crippen LogP contribution in [0.15, 0.2) is 18.2 Å². The van der Waals surface area contributed by atoms with Gasteiger partial charge in [0.2, 0.25) is 0 Å². The zero-order chi connectivity index (χ0) is 15.5. The number of hydrogen-bond donors (Lipinski definition) is 3. The molecule has 0 bridgehead atoms. The van der Waals surface area contributed by atoms with E-state index in [2.05, 4.69) is 5.32 Å². The molecule has 0 saturated carbocycles. The number of nitrogens with one attached hydrogen (secondary N) is 1. The molecule has 0 aliphatic heterocycles. The Balaban J connectivity index is 2.84. The van der Waals surface area contributed by atoms with E-state index in [1.165, 1.54) is 0 Å². The smallest absolute Gasteiger partial charge is 0.412 e. The third-order valence-electron chi connectivity index (χ3n) is 2.51. The molecule has 6 heteroatoms. The van der Waals surface area contributed by atoms with Crippen molar-refractivity contribution in [2.24, 2.45) is 5.73 Å². The van der Waals surface area contributed by atoms with E-state index in [-0.39, 0.29) is 0 Å². The SMILES string of the molecule is Cc1cc(C(N)C(=O)O)ccc1NC(=O)OC(C)(C)C. The lowest BCUT2D eigenvalue weighted by molar-refractivity contribution is -0.138. The number of amides is 1. The van der Waals surface area contributed by atoms with Crippen LogP contribution in [-0.2, 0) is 9.53 Å². The van der Waals surface area contributed by atoms with Gasteiger partial charge in [0.05, 0.1) is 0 Å². The Morgan fingerprint density at radius 1 is 1.35 bits per heavy atom. The highest BCUT2D eigenvalue weighted by molar-refractivity contribution is 5.86. The molecule has 20 heavy (non-hydrogen) atoms. The third-order valence-corrected chi connectivity index (χ3v) is 2.51. The van der Waals surface area contributed by atoms with Gasteiger partial charge in [-0.2, -0.15) is 0 Å². The highest BCUT2D eigenvalue weighted by atomic mass is 16.6. The summed E-state index contributed by atoms with van der Waals surface area (Å²) >= 11 is 0. The number of hydrogen-bond acceptors (Lipinski definition) is 4. The second-order valence-electron chi connectivity index (χ2n) is 5.52. The molecular formula is C14H20N2O4. The van der Waals surface area contributed by atoms with Crippen molar-refractivity contribution in [2.45, 2.75) is 39.3 Å². The highest BCUT2D eigenvalue weighted by Crippen LogP contribution is 2.21. The zero-order valence-corrected chi connectivity index (χ0v) is 12.1. The largest absolute Gasteiger partial charge is 0.480 e. The number of carboxylic acids is 1. The number of carbonyl (C=O) groups excluding carboxylic acids is 1. The van der Waals surface area contributed by atoms with Crippen LogP contribution in [0.3, 0.4) is 0 Å². The molecule has 1 atom stereocenters. The summed E-state index contributed by atoms with van der Waals surface area (Å²) in [5.41, 5.74) is 6.70. The van der Waals surface area contributed by atoms with Crippen LogP contribution in [0.2, 0.25) is 0 Å². The maximum absolute atomic E-state index is 11.7. The molecule has 1 aromatic rings. The Hall–Kier alpha value is -2.08. The first-order chi connectivity index (χ1) is 9.10. The van der Waals surface area contributed by atoms with E-state index in [1.54, 1.807) is 45.9 Å². The summed E-state index contributed by atoms with van der Waals surface area (Å²) in [7, 11) is 0. The van der Waals surface area contributed by atoms with Crippen LogP contribution in [0, 0.1) is 6.92 Å². The number of carboxylic acid groups (broad SMARTS) is 1. The van der Waals surface area contributed by atoms with E-state index in [4.69, 9.17) is 15.6 Å². The normalized spacial score (nSPS) is 12.7. The minimum atomic E-state index is -1.10. The summed E-state index contributed by atoms with van der Waals surface area (Å²) in [6.07, 6.45) is -0.559. The molecule has 110 valence electrons. The molecular weight excluding hydrogens is 260 g/mol. The number of ether oxygens (including phenoxy) is 1. The summed E-state index contributed by atoms with van der Waals surface area (Å²) in [4.78, 5) is 22.5. The number of rotatable bonds is 3. The average molecular weight is 280 g/mol. The molecule has 1 unspecified atom stereocenters. The van der Waals surface area contributed by atoms with E-state index < -0.39 is 23.7 Å². The Kier molecular flexibility index (Phi) is 4.73. The minimum absolute atomic E-state index is 0.477. The number of aryl methyl sites for hydroxylation is 1. The highest BCUT2D eigenvalue weighted by Gasteiger charge is 2.18. The van der Waals surface area contributed by atoms with Crippen molar-refractivity contribution in [1.82, 2.24) is 0 Å². The van der Waals surface area contributed by atoms with Crippen molar-refractivity contribution in [3.05, 3.63) is 29.3 Å². The maximum Gasteiger partial charge on any atom is 0.412 e. The lowest BCUT2D eigenvalue weighted by Gasteiger charge is -2.20. The molecule has 0 radical (unpaired) electrons. The average Bonchev–Trinajstić information content (AvgIpc) is 2.28. The fourth-order valence-electron chi connectivity index (χ4n) is 1.58. The topological polar surface area (TPSA) is 102 Å². The van der Waals surface area contributed by atoms with E-state index in [0.717, 1.165) is 0 Å². The summed E-state index contributed by atoms with van der Waals surface area (Å²) in [5, 5.41) is 11.5. The minimum Gasteiger partial charge on any atom is -0.480 e. The van der Waals surface area contributed by atoms with Crippen molar-refractivity contribution in [1.29, 1.82) is 0 Å². The van der Waals surface area contributed by atoms with Gasteiger partial charge in [-0.3, -0.25) is 10.1 Å². The summed E-state index contributed by atoms with van der Waals surface area (Å²) < 4.78 is 5.14. The fraction of sp³-hybridized carbons (Fsp3) is 0.429. The van der Waals surface area contributed by atoms with E-state index in [9.17, 15) is 9.59 Å². The van der Waals surface area contributed by atoms with E-state index >= 15 is 0 Å². The monoisotopic (exact) mass is 280 g/mol. The van der Waals surface area contributed by atoms with Gasteiger partial charge in [0.1, 0.15) is 11.6 Å². The van der Waals surface area contributed by atoms with Gasteiger partial charge in [-0.05, 0) is 44.9 Å². The first-order valence-corrected chi connectivity index (χ1v) is 6.19. The van der Waals surface area contributed by atoms with Gasteiger partial charge in [0.15, 0.2) is 0 Å². The van der Waals surface area contributed by atoms with Crippen LogP contribution < -0.4 is 11.1 Å². The van der Waals surface area contributed by atoms with Crippen LogP contribution in [0.1, 0.15) is 37.9 Å². The van der Waals surface area contributed by atoms with Gasteiger partial charge >= 0.3 is 12.1 Å². The Morgan fingerprint density at radius 2 is 1.95 bits per heavy atom. The van der Waals surface area contributed by atoms with Crippen molar-refractivity contribution < 1.29 is 19.4 Å². The van der Waals surface area contributed by atoms with Gasteiger partial charge in [-0.25, -0.2) is 4.79 Å². The summed E-state index contributed by atoms with van der Waals surface area (Å²) in [6, 6.07) is 3.73. The molecule has 1 aromatic carbocycles. The fourth-order valence-corrected chi connectivity index (χ4v) is 1.58. The number of anilines is 1. The number of benzene rings is 1. The molecule has 0 aliphatic rings. The molecule has 0 heterocycles. The molecule has 0 saturated heterocycles. The number of carbonyl (C=O) groups is 2. The maximum atomic E-state index is 11.7. The summed E-state index contributed by atoms with van der Waals surface area (Å²) in [5.74, 6) is -1.10. The molecule has 0 aromatic heterocycles. The van der Waals surface area contributed by atoms with Crippen LogP contribution >= 0.6 is 0 Å². The van der Waals surface area contributed by atoms with Crippen molar-refractivity contribution in [3.8, 4) is 0 Å². The van der Waals surface area contributed by atoms with Gasteiger partial charge in [-0.1, -0.05) is 12.1 Å². The van der Waals surface area contributed by atoms with E-state index in [1.807, 2.05) is 0 Å². The lowest BCUT2D eigenvalue weighted by Crippen LogP contribution is -2.27. The van der Waals surface area contributed by atoms with Crippen molar-refractivity contribution in [3.63, 3.8) is 0 Å². The van der Waals surface area contributed by atoms with Crippen LogP contribution in [-0.4, -0.2) is 22.8 Å². The third kappa shape index (κ3) is 4.55. The van der Waals surface area contributed by atoms with Gasteiger partial charge < -0.3 is 15.6 Å². The number of aliphatic carboxylic acids is 1. The van der Waals surface area contributed by atoms with Crippen molar-refractivity contribution in [2.75, 3.05) is 5.32 Å². The van der Waals surface area contributed by atoms with Crippen molar-refractivity contribution >= 4 is 17.7 Å². The molecule has 0 fully saturated rings. The Bertz CT molecular complexity index is 520. The predicted molar refractivity (Wildman–Crippen MR) is 75.6 cm³/mol. The zero-order valence-electron chi connectivity index (χ0n) is 12.1. The lowest BCUT2D eigenvalue weighted by atomic mass is 10.0. The molecule has 0 spiro atoms. The van der Waals surface area contributed by atoms with Crippen LogP contribution in [0.5, 0.6) is 0 Å². The van der Waals surface area contributed by atoms with Crippen LogP contribution in [0.25, 0.3) is 0 Å². The molecule has 4 N–H and O–H groups in total. The first kappa shape index (κ1) is 16.0. The number of nitrogens with two attached hydrogens (primary N) is 1. The second-order valence-corrected chi connectivity index (χ2v) is 5.52. The molecule has 1 amide bonds. The van der Waals surface area contributed by atoms with Gasteiger partial charge in [-0.15, -0.1) is 0 Å². The van der Waals surface area contributed by atoms with Crippen LogP contribution in [0.4, 0.5) is 10.5 Å². The standard InChI is InChI=1S/C14H20N2O4/c1-8-7-9(11(15)12(17)18)5-6-10(8)16-13(19)20-14(2,3)4/h5-7,11H,15H2,1-4H3,(H,16,19)(H,17,18). The molecule has 1 rings (SSSR count). The summed E-state index contributed by atoms with van der Waals surface area (Å²) in [6.45, 7) is 7.07. The van der Waals surface area contributed by atoms with E-state index in [0.29, 0.717) is 16.8 Å². The Labute approximate surface area is 117 Å². The quantitative estimate of drug-likeness (QED) is 0.789. The predicted octanol–water partition coefficient (Wildman–Crippen LogP) is 2.43.